The molecule has 0 bridgehead atoms. The van der Waals surface area contributed by atoms with Gasteiger partial charge < -0.3 is 9.84 Å². The van der Waals surface area contributed by atoms with Crippen molar-refractivity contribution in [2.75, 3.05) is 20.3 Å². The molecule has 0 aliphatic carbocycles. The van der Waals surface area contributed by atoms with Crippen molar-refractivity contribution in [1.82, 2.24) is 0 Å². The molecular formula is C7H14O2. The van der Waals surface area contributed by atoms with E-state index in [9.17, 15) is 0 Å². The van der Waals surface area contributed by atoms with Crippen LogP contribution in [0.1, 0.15) is 12.8 Å². The van der Waals surface area contributed by atoms with Crippen LogP contribution in [0.4, 0.5) is 0 Å². The summed E-state index contributed by atoms with van der Waals surface area (Å²) in [5, 5.41) is 8.34. The summed E-state index contributed by atoms with van der Waals surface area (Å²) in [6, 6.07) is 0. The van der Waals surface area contributed by atoms with Gasteiger partial charge in [0.25, 0.3) is 0 Å². The second kappa shape index (κ2) is 7.66. The van der Waals surface area contributed by atoms with Crippen molar-refractivity contribution in [2.45, 2.75) is 12.8 Å². The van der Waals surface area contributed by atoms with E-state index < -0.39 is 0 Å². The van der Waals surface area contributed by atoms with Crippen molar-refractivity contribution in [3.05, 3.63) is 12.2 Å². The third-order valence-electron chi connectivity index (χ3n) is 0.951. The zero-order valence-electron chi connectivity index (χ0n) is 5.84. The van der Waals surface area contributed by atoms with E-state index in [0.29, 0.717) is 0 Å². The molecule has 2 nitrogen and oxygen atoms in total. The van der Waals surface area contributed by atoms with E-state index in [1.54, 1.807) is 7.11 Å². The monoisotopic (exact) mass is 130 g/mol. The summed E-state index contributed by atoms with van der Waals surface area (Å²) in [6.45, 7) is 1.01. The maximum atomic E-state index is 8.34. The highest BCUT2D eigenvalue weighted by Crippen LogP contribution is 1.85. The fourth-order valence-corrected chi connectivity index (χ4v) is 0.496. The van der Waals surface area contributed by atoms with Gasteiger partial charge in [0.2, 0.25) is 0 Å². The minimum absolute atomic E-state index is 0.240. The zero-order valence-corrected chi connectivity index (χ0v) is 5.84. The first-order valence-electron chi connectivity index (χ1n) is 3.16. The predicted octanol–water partition coefficient (Wildman–Crippen LogP) is 0.962. The number of hydrogen-bond donors (Lipinski definition) is 1. The number of rotatable bonds is 5. The van der Waals surface area contributed by atoms with E-state index >= 15 is 0 Å². The lowest BCUT2D eigenvalue weighted by Crippen LogP contribution is -1.84. The second-order valence-corrected chi connectivity index (χ2v) is 1.77. The fraction of sp³-hybridized carbons (Fsp3) is 0.714. The van der Waals surface area contributed by atoms with Crippen LogP contribution in [0, 0.1) is 0 Å². The van der Waals surface area contributed by atoms with Gasteiger partial charge in [-0.15, -0.1) is 0 Å². The first-order valence-corrected chi connectivity index (χ1v) is 3.16. The molecule has 0 fully saturated rings. The Balaban J connectivity index is 2.86. The van der Waals surface area contributed by atoms with Crippen LogP contribution in [0.5, 0.6) is 0 Å². The van der Waals surface area contributed by atoms with Gasteiger partial charge in [-0.25, -0.2) is 0 Å². The van der Waals surface area contributed by atoms with Gasteiger partial charge in [0.05, 0.1) is 0 Å². The van der Waals surface area contributed by atoms with Crippen molar-refractivity contribution in [2.24, 2.45) is 0 Å². The van der Waals surface area contributed by atoms with Crippen LogP contribution in [-0.2, 0) is 4.74 Å². The van der Waals surface area contributed by atoms with E-state index in [2.05, 4.69) is 0 Å². The smallest absolute Gasteiger partial charge is 0.0496 e. The summed E-state index contributed by atoms with van der Waals surface area (Å²) in [4.78, 5) is 0. The largest absolute Gasteiger partial charge is 0.396 e. The molecule has 0 saturated carbocycles. The molecule has 0 radical (unpaired) electrons. The summed E-state index contributed by atoms with van der Waals surface area (Å²) in [5.74, 6) is 0. The zero-order chi connectivity index (χ0) is 6.95. The Hall–Kier alpha value is -0.340. The molecule has 0 aliphatic heterocycles. The van der Waals surface area contributed by atoms with E-state index in [1.807, 2.05) is 12.2 Å². The molecule has 0 rings (SSSR count). The molecule has 2 heteroatoms. The number of aliphatic hydroxyl groups is 1. The van der Waals surface area contributed by atoms with Gasteiger partial charge in [-0.2, -0.15) is 0 Å². The van der Waals surface area contributed by atoms with Crippen molar-refractivity contribution in [3.8, 4) is 0 Å². The van der Waals surface area contributed by atoms with Crippen molar-refractivity contribution < 1.29 is 9.84 Å². The lowest BCUT2D eigenvalue weighted by molar-refractivity contribution is 0.204. The van der Waals surface area contributed by atoms with Crippen LogP contribution in [0.3, 0.4) is 0 Å². The SMILES string of the molecule is COCC/C=C\CCO. The summed E-state index contributed by atoms with van der Waals surface area (Å²) < 4.78 is 4.81. The normalized spacial score (nSPS) is 10.9. The van der Waals surface area contributed by atoms with Gasteiger partial charge in [0.1, 0.15) is 0 Å². The van der Waals surface area contributed by atoms with Gasteiger partial charge in [0, 0.05) is 20.3 Å². The Labute approximate surface area is 56.1 Å². The van der Waals surface area contributed by atoms with Gasteiger partial charge in [-0.3, -0.25) is 0 Å². The Kier molecular flexibility index (Phi) is 7.37. The Morgan fingerprint density at radius 3 is 2.56 bits per heavy atom. The highest BCUT2D eigenvalue weighted by Gasteiger charge is 1.76. The molecule has 1 N–H and O–H groups in total. The fourth-order valence-electron chi connectivity index (χ4n) is 0.496. The minimum Gasteiger partial charge on any atom is -0.396 e. The third-order valence-corrected chi connectivity index (χ3v) is 0.951. The molecule has 0 atom stereocenters. The standard InChI is InChI=1S/C7H14O2/c1-9-7-5-3-2-4-6-8/h2-3,8H,4-7H2,1H3/b3-2-. The molecule has 0 amide bonds. The van der Waals surface area contributed by atoms with Crippen LogP contribution in [-0.4, -0.2) is 25.4 Å². The molecule has 0 aliphatic rings. The third kappa shape index (κ3) is 7.66. The molecule has 0 aromatic rings. The average Bonchev–Trinajstić information content (AvgIpc) is 1.89. The number of aliphatic hydroxyl groups excluding tert-OH is 1. The molecule has 0 unspecified atom stereocenters. The first-order chi connectivity index (χ1) is 4.41. The van der Waals surface area contributed by atoms with Gasteiger partial charge in [-0.05, 0) is 12.8 Å². The van der Waals surface area contributed by atoms with Gasteiger partial charge in [0.15, 0.2) is 0 Å². The minimum atomic E-state index is 0.240. The van der Waals surface area contributed by atoms with Crippen molar-refractivity contribution in [1.29, 1.82) is 0 Å². The molecule has 0 aromatic heterocycles. The molecular weight excluding hydrogens is 116 g/mol. The highest BCUT2D eigenvalue weighted by atomic mass is 16.5. The van der Waals surface area contributed by atoms with Crippen LogP contribution in [0.2, 0.25) is 0 Å². The van der Waals surface area contributed by atoms with E-state index in [1.165, 1.54) is 0 Å². The van der Waals surface area contributed by atoms with E-state index in [0.717, 1.165) is 19.4 Å². The summed E-state index contributed by atoms with van der Waals surface area (Å²) >= 11 is 0. The molecule has 9 heavy (non-hydrogen) atoms. The molecule has 0 saturated heterocycles. The Bertz CT molecular complexity index is 69.3. The molecule has 0 spiro atoms. The maximum Gasteiger partial charge on any atom is 0.0496 e. The van der Waals surface area contributed by atoms with Crippen LogP contribution in [0.15, 0.2) is 12.2 Å². The van der Waals surface area contributed by atoms with Crippen LogP contribution in [0.25, 0.3) is 0 Å². The topological polar surface area (TPSA) is 29.5 Å². The summed E-state index contributed by atoms with van der Waals surface area (Å²) in [7, 11) is 1.68. The lowest BCUT2D eigenvalue weighted by atomic mass is 10.3. The van der Waals surface area contributed by atoms with Crippen LogP contribution >= 0.6 is 0 Å². The average molecular weight is 130 g/mol. The Morgan fingerprint density at radius 1 is 1.33 bits per heavy atom. The number of ether oxygens (including phenoxy) is 1. The quantitative estimate of drug-likeness (QED) is 0.443. The maximum absolute atomic E-state index is 8.34. The van der Waals surface area contributed by atoms with Crippen molar-refractivity contribution >= 4 is 0 Å². The van der Waals surface area contributed by atoms with E-state index in [4.69, 9.17) is 9.84 Å². The summed E-state index contributed by atoms with van der Waals surface area (Å²) in [5.41, 5.74) is 0. The van der Waals surface area contributed by atoms with Crippen LogP contribution < -0.4 is 0 Å². The predicted molar refractivity (Wildman–Crippen MR) is 37.3 cm³/mol. The number of methoxy groups -OCH3 is 1. The Morgan fingerprint density at radius 2 is 2.00 bits per heavy atom. The molecule has 54 valence electrons. The first kappa shape index (κ1) is 8.66. The number of hydrogen-bond acceptors (Lipinski definition) is 2. The van der Waals surface area contributed by atoms with Crippen molar-refractivity contribution in [3.63, 3.8) is 0 Å². The summed E-state index contributed by atoms with van der Waals surface area (Å²) in [6.07, 6.45) is 5.67. The second-order valence-electron chi connectivity index (χ2n) is 1.77. The highest BCUT2D eigenvalue weighted by molar-refractivity contribution is 4.80. The lowest BCUT2D eigenvalue weighted by Gasteiger charge is -1.89. The molecule has 0 heterocycles. The van der Waals surface area contributed by atoms with E-state index in [-0.39, 0.29) is 6.61 Å². The van der Waals surface area contributed by atoms with Gasteiger partial charge in [-0.1, -0.05) is 12.2 Å². The van der Waals surface area contributed by atoms with Gasteiger partial charge >= 0.3 is 0 Å². The molecule has 0 aromatic carbocycles.